The third kappa shape index (κ3) is 2.97. The van der Waals surface area contributed by atoms with E-state index in [-0.39, 0.29) is 5.82 Å². The third-order valence-electron chi connectivity index (χ3n) is 3.60. The van der Waals surface area contributed by atoms with Crippen LogP contribution in [0.2, 0.25) is 0 Å². The van der Waals surface area contributed by atoms with Gasteiger partial charge in [-0.1, -0.05) is 19.9 Å². The largest absolute Gasteiger partial charge is 0.380 e. The van der Waals surface area contributed by atoms with Crippen LogP contribution >= 0.6 is 0 Å². The first kappa shape index (κ1) is 12.4. The summed E-state index contributed by atoms with van der Waals surface area (Å²) in [6.07, 6.45) is 3.42. The Hall–Kier alpha value is -1.09. The van der Waals surface area contributed by atoms with Gasteiger partial charge < -0.3 is 11.1 Å². The standard InChI is InChI=1S/C14H21FN2/c1-14(2)6-5-11(8-14)17-13-4-3-10(9-16)7-12(13)15/h3-4,7,11,17H,5-6,8-9,16H2,1-2H3. The minimum absolute atomic E-state index is 0.197. The van der Waals surface area contributed by atoms with Gasteiger partial charge in [-0.05, 0) is 42.4 Å². The fourth-order valence-electron chi connectivity index (χ4n) is 2.58. The van der Waals surface area contributed by atoms with Crippen LogP contribution in [-0.4, -0.2) is 6.04 Å². The molecule has 1 aromatic carbocycles. The highest BCUT2D eigenvalue weighted by molar-refractivity contribution is 5.47. The topological polar surface area (TPSA) is 38.0 Å². The maximum Gasteiger partial charge on any atom is 0.146 e. The third-order valence-corrected chi connectivity index (χ3v) is 3.60. The second kappa shape index (κ2) is 4.65. The number of rotatable bonds is 3. The van der Waals surface area contributed by atoms with Crippen molar-refractivity contribution in [3.05, 3.63) is 29.6 Å². The van der Waals surface area contributed by atoms with Gasteiger partial charge in [-0.15, -0.1) is 0 Å². The first-order chi connectivity index (χ1) is 8.00. The number of anilines is 1. The molecule has 1 aromatic rings. The second-order valence-electron chi connectivity index (χ2n) is 5.77. The first-order valence-corrected chi connectivity index (χ1v) is 6.25. The summed E-state index contributed by atoms with van der Waals surface area (Å²) in [5, 5.41) is 3.30. The van der Waals surface area contributed by atoms with E-state index in [0.29, 0.717) is 23.7 Å². The maximum absolute atomic E-state index is 13.8. The quantitative estimate of drug-likeness (QED) is 0.845. The van der Waals surface area contributed by atoms with E-state index < -0.39 is 0 Å². The number of benzene rings is 1. The first-order valence-electron chi connectivity index (χ1n) is 6.25. The highest BCUT2D eigenvalue weighted by Gasteiger charge is 2.30. The molecule has 1 aliphatic rings. The van der Waals surface area contributed by atoms with E-state index in [1.165, 1.54) is 12.5 Å². The summed E-state index contributed by atoms with van der Waals surface area (Å²) in [5.74, 6) is -0.197. The SMILES string of the molecule is CC1(C)CCC(Nc2ccc(CN)cc2F)C1. The van der Waals surface area contributed by atoms with Crippen molar-refractivity contribution in [1.82, 2.24) is 0 Å². The average Bonchev–Trinajstić information content (AvgIpc) is 2.61. The molecule has 0 aromatic heterocycles. The molecule has 94 valence electrons. The summed E-state index contributed by atoms with van der Waals surface area (Å²) in [5.41, 5.74) is 7.30. The van der Waals surface area contributed by atoms with Crippen molar-refractivity contribution in [2.24, 2.45) is 11.1 Å². The van der Waals surface area contributed by atoms with E-state index in [9.17, 15) is 4.39 Å². The Morgan fingerprint density at radius 1 is 1.47 bits per heavy atom. The lowest BCUT2D eigenvalue weighted by molar-refractivity contribution is 0.378. The number of hydrogen-bond donors (Lipinski definition) is 2. The molecular weight excluding hydrogens is 215 g/mol. The molecule has 1 atom stereocenters. The minimum Gasteiger partial charge on any atom is -0.380 e. The molecule has 0 heterocycles. The van der Waals surface area contributed by atoms with E-state index in [4.69, 9.17) is 5.73 Å². The van der Waals surface area contributed by atoms with Crippen molar-refractivity contribution >= 4 is 5.69 Å². The van der Waals surface area contributed by atoms with Crippen LogP contribution in [0.5, 0.6) is 0 Å². The molecule has 2 rings (SSSR count). The molecule has 0 saturated heterocycles. The average molecular weight is 236 g/mol. The molecule has 2 nitrogen and oxygen atoms in total. The van der Waals surface area contributed by atoms with Gasteiger partial charge in [0, 0.05) is 12.6 Å². The van der Waals surface area contributed by atoms with E-state index >= 15 is 0 Å². The van der Waals surface area contributed by atoms with Gasteiger partial charge in [0.1, 0.15) is 5.82 Å². The molecular formula is C14H21FN2. The lowest BCUT2D eigenvalue weighted by Gasteiger charge is -2.19. The van der Waals surface area contributed by atoms with Crippen molar-refractivity contribution in [2.45, 2.75) is 45.7 Å². The Balaban J connectivity index is 2.04. The maximum atomic E-state index is 13.8. The lowest BCUT2D eigenvalue weighted by Crippen LogP contribution is -2.18. The van der Waals surface area contributed by atoms with E-state index in [2.05, 4.69) is 19.2 Å². The zero-order valence-corrected chi connectivity index (χ0v) is 10.6. The van der Waals surface area contributed by atoms with Crippen LogP contribution in [0.1, 0.15) is 38.7 Å². The van der Waals surface area contributed by atoms with Gasteiger partial charge in [-0.2, -0.15) is 0 Å². The fraction of sp³-hybridized carbons (Fsp3) is 0.571. The number of hydrogen-bond acceptors (Lipinski definition) is 2. The molecule has 1 fully saturated rings. The van der Waals surface area contributed by atoms with Crippen molar-refractivity contribution < 1.29 is 4.39 Å². The molecule has 0 radical (unpaired) electrons. The number of nitrogens with one attached hydrogen (secondary N) is 1. The van der Waals surface area contributed by atoms with Crippen molar-refractivity contribution in [3.8, 4) is 0 Å². The molecule has 1 unspecified atom stereocenters. The Morgan fingerprint density at radius 3 is 2.76 bits per heavy atom. The summed E-state index contributed by atoms with van der Waals surface area (Å²) in [6.45, 7) is 4.92. The van der Waals surface area contributed by atoms with Crippen molar-refractivity contribution in [3.63, 3.8) is 0 Å². The van der Waals surface area contributed by atoms with Crippen molar-refractivity contribution in [2.75, 3.05) is 5.32 Å². The Bertz CT molecular complexity index is 401. The molecule has 0 amide bonds. The zero-order valence-electron chi connectivity index (χ0n) is 10.6. The second-order valence-corrected chi connectivity index (χ2v) is 5.77. The van der Waals surface area contributed by atoms with E-state index in [1.807, 2.05) is 6.07 Å². The van der Waals surface area contributed by atoms with Crippen LogP contribution in [0.15, 0.2) is 18.2 Å². The summed E-state index contributed by atoms with van der Waals surface area (Å²) in [6, 6.07) is 5.58. The molecule has 3 N–H and O–H groups in total. The normalized spacial score (nSPS) is 22.7. The fourth-order valence-corrected chi connectivity index (χ4v) is 2.58. The highest BCUT2D eigenvalue weighted by Crippen LogP contribution is 2.38. The lowest BCUT2D eigenvalue weighted by atomic mass is 9.92. The predicted molar refractivity (Wildman–Crippen MR) is 69.3 cm³/mol. The van der Waals surface area contributed by atoms with E-state index in [0.717, 1.165) is 18.4 Å². The molecule has 17 heavy (non-hydrogen) atoms. The summed E-state index contributed by atoms with van der Waals surface area (Å²) < 4.78 is 13.8. The molecule has 0 spiro atoms. The Morgan fingerprint density at radius 2 is 2.24 bits per heavy atom. The zero-order chi connectivity index (χ0) is 12.5. The van der Waals surface area contributed by atoms with Crippen LogP contribution in [0.25, 0.3) is 0 Å². The van der Waals surface area contributed by atoms with Crippen LogP contribution in [0.3, 0.4) is 0 Å². The number of nitrogens with two attached hydrogens (primary N) is 1. The van der Waals surface area contributed by atoms with Crippen LogP contribution in [0, 0.1) is 11.2 Å². The summed E-state index contributed by atoms with van der Waals surface area (Å²) >= 11 is 0. The van der Waals surface area contributed by atoms with Gasteiger partial charge in [-0.3, -0.25) is 0 Å². The molecule has 0 aliphatic heterocycles. The summed E-state index contributed by atoms with van der Waals surface area (Å²) in [4.78, 5) is 0. The minimum atomic E-state index is -0.197. The Kier molecular flexibility index (Phi) is 3.38. The van der Waals surface area contributed by atoms with Crippen molar-refractivity contribution in [1.29, 1.82) is 0 Å². The Labute approximate surface area is 102 Å². The van der Waals surface area contributed by atoms with Gasteiger partial charge in [-0.25, -0.2) is 4.39 Å². The summed E-state index contributed by atoms with van der Waals surface area (Å²) in [7, 11) is 0. The van der Waals surface area contributed by atoms with Crippen LogP contribution in [-0.2, 0) is 6.54 Å². The van der Waals surface area contributed by atoms with Gasteiger partial charge in [0.2, 0.25) is 0 Å². The molecule has 0 bridgehead atoms. The molecule has 1 aliphatic carbocycles. The highest BCUT2D eigenvalue weighted by atomic mass is 19.1. The molecule has 1 saturated carbocycles. The monoisotopic (exact) mass is 236 g/mol. The van der Waals surface area contributed by atoms with Crippen LogP contribution < -0.4 is 11.1 Å². The number of halogens is 1. The van der Waals surface area contributed by atoms with Gasteiger partial charge >= 0.3 is 0 Å². The van der Waals surface area contributed by atoms with E-state index in [1.54, 1.807) is 6.07 Å². The van der Waals surface area contributed by atoms with Gasteiger partial charge in [0.25, 0.3) is 0 Å². The van der Waals surface area contributed by atoms with Gasteiger partial charge in [0.15, 0.2) is 0 Å². The predicted octanol–water partition coefficient (Wildman–Crippen LogP) is 3.28. The van der Waals surface area contributed by atoms with Crippen LogP contribution in [0.4, 0.5) is 10.1 Å². The smallest absolute Gasteiger partial charge is 0.146 e. The molecule has 3 heteroatoms. The van der Waals surface area contributed by atoms with Gasteiger partial charge in [0.05, 0.1) is 5.69 Å².